The average molecular weight is 343 g/mol. The fourth-order valence-corrected chi connectivity index (χ4v) is 2.75. The molecule has 6 nitrogen and oxygen atoms in total. The van der Waals surface area contributed by atoms with E-state index < -0.39 is 0 Å². The molecule has 0 aliphatic carbocycles. The number of oxime groups is 1. The molecule has 1 atom stereocenters. The van der Waals surface area contributed by atoms with Crippen LogP contribution in [0.5, 0.6) is 5.75 Å². The van der Waals surface area contributed by atoms with Gasteiger partial charge in [0.15, 0.2) is 0 Å². The van der Waals surface area contributed by atoms with Crippen LogP contribution in [0, 0.1) is 11.7 Å². The van der Waals surface area contributed by atoms with Crippen molar-refractivity contribution < 1.29 is 19.1 Å². The molecule has 3 N–H and O–H groups in total. The van der Waals surface area contributed by atoms with Gasteiger partial charge in [-0.2, -0.15) is 0 Å². The molecule has 0 bridgehead atoms. The van der Waals surface area contributed by atoms with Crippen molar-refractivity contribution >= 4 is 17.4 Å². The molecule has 1 heterocycles. The predicted molar refractivity (Wildman–Crippen MR) is 91.0 cm³/mol. The molecule has 1 fully saturated rings. The number of amidine groups is 1. The highest BCUT2D eigenvalue weighted by Crippen LogP contribution is 2.27. The minimum Gasteiger partial charge on any atom is -0.489 e. The molecule has 0 saturated carbocycles. The van der Waals surface area contributed by atoms with E-state index in [-0.39, 0.29) is 36.5 Å². The van der Waals surface area contributed by atoms with Crippen molar-refractivity contribution in [2.24, 2.45) is 16.8 Å². The SMILES string of the molecule is NC(=NO)C1CC(=O)N(c2ccc(OCc3cccc(F)c3)cc2)C1. The van der Waals surface area contributed by atoms with Gasteiger partial charge in [0.2, 0.25) is 5.91 Å². The summed E-state index contributed by atoms with van der Waals surface area (Å²) in [5, 5.41) is 11.7. The van der Waals surface area contributed by atoms with Crippen molar-refractivity contribution in [3.63, 3.8) is 0 Å². The molecule has 0 aromatic heterocycles. The van der Waals surface area contributed by atoms with Crippen molar-refractivity contribution in [2.75, 3.05) is 11.4 Å². The standard InChI is InChI=1S/C18H18FN3O3/c19-14-3-1-2-12(8-14)11-25-16-6-4-15(5-7-16)22-10-13(9-17(22)23)18(20)21-24/h1-8,13,24H,9-11H2,(H2,20,21). The molecular weight excluding hydrogens is 325 g/mol. The van der Waals surface area contributed by atoms with E-state index >= 15 is 0 Å². The molecule has 130 valence electrons. The number of hydrogen-bond acceptors (Lipinski definition) is 4. The Morgan fingerprint density at radius 2 is 2.08 bits per heavy atom. The van der Waals surface area contributed by atoms with Gasteiger partial charge < -0.3 is 20.6 Å². The Hall–Kier alpha value is -3.09. The summed E-state index contributed by atoms with van der Waals surface area (Å²) in [6, 6.07) is 13.3. The van der Waals surface area contributed by atoms with E-state index in [1.807, 2.05) is 0 Å². The van der Waals surface area contributed by atoms with E-state index in [9.17, 15) is 9.18 Å². The van der Waals surface area contributed by atoms with Crippen molar-refractivity contribution in [1.29, 1.82) is 0 Å². The Morgan fingerprint density at radius 3 is 2.76 bits per heavy atom. The zero-order chi connectivity index (χ0) is 17.8. The Kier molecular flexibility index (Phi) is 4.83. The average Bonchev–Trinajstić information content (AvgIpc) is 3.01. The fourth-order valence-electron chi connectivity index (χ4n) is 2.75. The molecular formula is C18H18FN3O3. The summed E-state index contributed by atoms with van der Waals surface area (Å²) >= 11 is 0. The van der Waals surface area contributed by atoms with Gasteiger partial charge in [0.05, 0.1) is 0 Å². The number of benzene rings is 2. The quantitative estimate of drug-likeness (QED) is 0.378. The minimum absolute atomic E-state index is 0.0610. The molecule has 3 rings (SSSR count). The van der Waals surface area contributed by atoms with E-state index in [0.717, 1.165) is 11.3 Å². The van der Waals surface area contributed by atoms with Crippen molar-refractivity contribution in [1.82, 2.24) is 0 Å². The second-order valence-electron chi connectivity index (χ2n) is 5.84. The maximum Gasteiger partial charge on any atom is 0.227 e. The van der Waals surface area contributed by atoms with Gasteiger partial charge in [-0.3, -0.25) is 4.79 Å². The van der Waals surface area contributed by atoms with Gasteiger partial charge in [-0.25, -0.2) is 4.39 Å². The van der Waals surface area contributed by atoms with E-state index in [1.54, 1.807) is 41.3 Å². The van der Waals surface area contributed by atoms with Gasteiger partial charge in [0.25, 0.3) is 0 Å². The van der Waals surface area contributed by atoms with E-state index in [4.69, 9.17) is 15.7 Å². The lowest BCUT2D eigenvalue weighted by atomic mass is 10.1. The molecule has 1 aliphatic rings. The summed E-state index contributed by atoms with van der Waals surface area (Å²) in [6.45, 7) is 0.629. The van der Waals surface area contributed by atoms with Crippen LogP contribution in [0.1, 0.15) is 12.0 Å². The third-order valence-electron chi connectivity index (χ3n) is 4.10. The van der Waals surface area contributed by atoms with Gasteiger partial charge in [0, 0.05) is 24.6 Å². The van der Waals surface area contributed by atoms with Crippen LogP contribution in [0.2, 0.25) is 0 Å². The van der Waals surface area contributed by atoms with Crippen LogP contribution in [0.4, 0.5) is 10.1 Å². The largest absolute Gasteiger partial charge is 0.489 e. The first-order valence-electron chi connectivity index (χ1n) is 7.82. The molecule has 1 saturated heterocycles. The number of carbonyl (C=O) groups is 1. The highest BCUT2D eigenvalue weighted by Gasteiger charge is 2.33. The van der Waals surface area contributed by atoms with Gasteiger partial charge in [-0.15, -0.1) is 0 Å². The number of carbonyl (C=O) groups excluding carboxylic acids is 1. The lowest BCUT2D eigenvalue weighted by Crippen LogP contribution is -2.28. The summed E-state index contributed by atoms with van der Waals surface area (Å²) in [5.41, 5.74) is 7.04. The first kappa shape index (κ1) is 16.8. The van der Waals surface area contributed by atoms with Crippen LogP contribution in [-0.2, 0) is 11.4 Å². The van der Waals surface area contributed by atoms with E-state index in [1.165, 1.54) is 12.1 Å². The lowest BCUT2D eigenvalue weighted by Gasteiger charge is -2.17. The van der Waals surface area contributed by atoms with Crippen LogP contribution in [0.3, 0.4) is 0 Å². The van der Waals surface area contributed by atoms with Crippen LogP contribution >= 0.6 is 0 Å². The zero-order valence-electron chi connectivity index (χ0n) is 13.4. The van der Waals surface area contributed by atoms with Crippen molar-refractivity contribution in [2.45, 2.75) is 13.0 Å². The Morgan fingerprint density at radius 1 is 1.32 bits per heavy atom. The number of rotatable bonds is 5. The maximum absolute atomic E-state index is 13.1. The highest BCUT2D eigenvalue weighted by atomic mass is 19.1. The van der Waals surface area contributed by atoms with E-state index in [2.05, 4.69) is 5.16 Å². The summed E-state index contributed by atoms with van der Waals surface area (Å²) < 4.78 is 18.8. The number of anilines is 1. The molecule has 7 heteroatoms. The Bertz CT molecular complexity index is 792. The normalized spacial score (nSPS) is 17.8. The van der Waals surface area contributed by atoms with Gasteiger partial charge in [0.1, 0.15) is 24.0 Å². The smallest absolute Gasteiger partial charge is 0.227 e. The lowest BCUT2D eigenvalue weighted by molar-refractivity contribution is -0.117. The van der Waals surface area contributed by atoms with Gasteiger partial charge in [-0.05, 0) is 42.0 Å². The molecule has 0 spiro atoms. The first-order chi connectivity index (χ1) is 12.1. The minimum atomic E-state index is -0.302. The van der Waals surface area contributed by atoms with Crippen LogP contribution in [0.25, 0.3) is 0 Å². The molecule has 1 aliphatic heterocycles. The fraction of sp³-hybridized carbons (Fsp3) is 0.222. The van der Waals surface area contributed by atoms with E-state index in [0.29, 0.717) is 12.3 Å². The molecule has 0 radical (unpaired) electrons. The van der Waals surface area contributed by atoms with Crippen molar-refractivity contribution in [3.05, 3.63) is 59.9 Å². The molecule has 1 unspecified atom stereocenters. The van der Waals surface area contributed by atoms with Crippen LogP contribution in [-0.4, -0.2) is 23.5 Å². The molecule has 2 aromatic carbocycles. The molecule has 1 amide bonds. The Labute approximate surface area is 144 Å². The number of ether oxygens (including phenoxy) is 1. The Balaban J connectivity index is 1.63. The topological polar surface area (TPSA) is 88.2 Å². The van der Waals surface area contributed by atoms with Crippen molar-refractivity contribution in [3.8, 4) is 5.75 Å². The number of hydrogen-bond donors (Lipinski definition) is 2. The summed E-state index contributed by atoms with van der Waals surface area (Å²) in [4.78, 5) is 13.7. The zero-order valence-corrected chi connectivity index (χ0v) is 13.4. The van der Waals surface area contributed by atoms with Crippen LogP contribution < -0.4 is 15.4 Å². The second kappa shape index (κ2) is 7.21. The number of amides is 1. The highest BCUT2D eigenvalue weighted by molar-refractivity contribution is 6.01. The van der Waals surface area contributed by atoms with Gasteiger partial charge in [-0.1, -0.05) is 17.3 Å². The van der Waals surface area contributed by atoms with Crippen LogP contribution in [0.15, 0.2) is 53.7 Å². The molecule has 25 heavy (non-hydrogen) atoms. The first-order valence-corrected chi connectivity index (χ1v) is 7.82. The summed E-state index contributed by atoms with van der Waals surface area (Å²) in [5.74, 6) is 0.00853. The number of nitrogens with zero attached hydrogens (tertiary/aromatic N) is 2. The number of halogens is 1. The summed E-state index contributed by atoms with van der Waals surface area (Å²) in [6.07, 6.45) is 0.216. The predicted octanol–water partition coefficient (Wildman–Crippen LogP) is 2.50. The van der Waals surface area contributed by atoms with Gasteiger partial charge >= 0.3 is 0 Å². The third-order valence-corrected chi connectivity index (χ3v) is 4.10. The number of nitrogens with two attached hydrogens (primary N) is 1. The maximum atomic E-state index is 13.1. The summed E-state index contributed by atoms with van der Waals surface area (Å²) in [7, 11) is 0. The molecule has 2 aromatic rings. The third kappa shape index (κ3) is 3.88. The second-order valence-corrected chi connectivity index (χ2v) is 5.84. The monoisotopic (exact) mass is 343 g/mol.